The largest absolute Gasteiger partial charge is 0.504 e. The fourth-order valence-electron chi connectivity index (χ4n) is 10.5. The average Bonchev–Trinajstić information content (AvgIpc) is 3.83. The molecule has 2 spiro atoms. The summed E-state index contributed by atoms with van der Waals surface area (Å²) in [5, 5.41) is 32.7. The Hall–Kier alpha value is -4.67. The molecule has 0 aliphatic carbocycles. The molecule has 2 saturated heterocycles. The Morgan fingerprint density at radius 1 is 1.11 bits per heavy atom. The lowest BCUT2D eigenvalue weighted by Gasteiger charge is -2.63. The number of thioether (sulfide) groups is 1. The van der Waals surface area contributed by atoms with Gasteiger partial charge in [-0.05, 0) is 68.0 Å². The SMILES string of the molecule is CC[C@H]1c2c3c(c(C)c(OC(C)=O)c2[C@]2(OC(=O)[C@]4(CS2)NCCc2c4[nH]c4ccc(OC)cc24)[C@H]2C4NC(Cc5cc(C)c(OC)c(O)c54)[C@H](O)N12)OCO3. The van der Waals surface area contributed by atoms with E-state index in [4.69, 9.17) is 28.4 Å². The summed E-state index contributed by atoms with van der Waals surface area (Å²) in [6, 6.07) is 5.38. The molecule has 3 aromatic carbocycles. The number of esters is 2. The predicted octanol–water partition coefficient (Wildman–Crippen LogP) is 4.37. The molecule has 6 aliphatic rings. The minimum Gasteiger partial charge on any atom is -0.504 e. The molecule has 2 bridgehead atoms. The van der Waals surface area contributed by atoms with Gasteiger partial charge in [-0.3, -0.25) is 15.0 Å². The van der Waals surface area contributed by atoms with E-state index in [1.54, 1.807) is 14.0 Å². The lowest BCUT2D eigenvalue weighted by atomic mass is 9.72. The molecular formula is C41H44N4O10S. The zero-order chi connectivity index (χ0) is 39.0. The second-order valence-electron chi connectivity index (χ2n) is 15.6. The van der Waals surface area contributed by atoms with E-state index in [0.29, 0.717) is 71.1 Å². The summed E-state index contributed by atoms with van der Waals surface area (Å²) in [7, 11) is 3.15. The first-order valence-electron chi connectivity index (χ1n) is 19.0. The van der Waals surface area contributed by atoms with E-state index in [2.05, 4.69) is 15.6 Å². The number of phenols is 1. The number of aliphatic hydroxyl groups is 1. The number of rotatable bonds is 4. The van der Waals surface area contributed by atoms with Crippen LogP contribution in [0.15, 0.2) is 24.3 Å². The number of piperazine rings is 1. The van der Waals surface area contributed by atoms with Gasteiger partial charge in [-0.25, -0.2) is 4.79 Å². The van der Waals surface area contributed by atoms with Gasteiger partial charge < -0.3 is 48.9 Å². The van der Waals surface area contributed by atoms with Gasteiger partial charge in [0.05, 0.1) is 43.6 Å². The van der Waals surface area contributed by atoms with Crippen LogP contribution in [0.3, 0.4) is 0 Å². The van der Waals surface area contributed by atoms with Crippen LogP contribution in [0.25, 0.3) is 10.9 Å². The smallest absolute Gasteiger partial charge is 0.335 e. The predicted molar refractivity (Wildman–Crippen MR) is 205 cm³/mol. The third-order valence-corrected chi connectivity index (χ3v) is 14.3. The first-order valence-corrected chi connectivity index (χ1v) is 20.0. The average molecular weight is 785 g/mol. The molecule has 6 aliphatic heterocycles. The van der Waals surface area contributed by atoms with E-state index in [1.165, 1.54) is 25.8 Å². The molecule has 15 heteroatoms. The van der Waals surface area contributed by atoms with Gasteiger partial charge in [-0.1, -0.05) is 13.0 Å². The molecule has 7 atom stereocenters. The summed E-state index contributed by atoms with van der Waals surface area (Å²) in [6.45, 7) is 7.51. The van der Waals surface area contributed by atoms with Gasteiger partial charge >= 0.3 is 11.9 Å². The van der Waals surface area contributed by atoms with Crippen LogP contribution in [-0.2, 0) is 37.6 Å². The van der Waals surface area contributed by atoms with Crippen molar-refractivity contribution < 1.29 is 48.2 Å². The van der Waals surface area contributed by atoms with Crippen LogP contribution >= 0.6 is 11.8 Å². The Labute approximate surface area is 327 Å². The zero-order valence-corrected chi connectivity index (χ0v) is 32.8. The molecule has 56 heavy (non-hydrogen) atoms. The van der Waals surface area contributed by atoms with E-state index in [0.717, 1.165) is 33.3 Å². The fourth-order valence-corrected chi connectivity index (χ4v) is 12.2. The van der Waals surface area contributed by atoms with E-state index < -0.39 is 52.8 Å². The number of methoxy groups -OCH3 is 2. The Bertz CT molecular complexity index is 2380. The highest BCUT2D eigenvalue weighted by Gasteiger charge is 2.69. The summed E-state index contributed by atoms with van der Waals surface area (Å²) >= 11 is 1.41. The molecule has 0 radical (unpaired) electrons. The minimum atomic E-state index is -1.63. The lowest BCUT2D eigenvalue weighted by Crippen LogP contribution is -2.74. The van der Waals surface area contributed by atoms with E-state index in [-0.39, 0.29) is 24.0 Å². The van der Waals surface area contributed by atoms with Crippen molar-refractivity contribution in [1.82, 2.24) is 20.5 Å². The maximum atomic E-state index is 15.4. The Morgan fingerprint density at radius 2 is 1.91 bits per heavy atom. The quantitative estimate of drug-likeness (QED) is 0.146. The standard InChI is InChI=1S/C41H44N4O10S/c1-7-26-28-29(33(54-19(4)46)18(3)34-35(28)53-16-52-34)41(37-30-27-20(12-17(2)32(51-6)31(27)47)13-25(43-30)38(48)45(26)37)55-39(49)40(15-56-41)36-22(10-11-42-40)23-14-21(50-5)8-9-24(23)44-36/h8-9,12,14,25-26,30,37-38,42-44,47-48H,7,10-11,13,15-16H2,1-6H3/t25?,26-,30?,37+,38-,40+,41+/m0/s1. The number of carbonyl (C=O) groups excluding carboxylic acids is 2. The summed E-state index contributed by atoms with van der Waals surface area (Å²) < 4.78 is 36.8. The lowest BCUT2D eigenvalue weighted by molar-refractivity contribution is -0.197. The number of aryl methyl sites for hydroxylation is 1. The van der Waals surface area contributed by atoms with Crippen LogP contribution in [0.5, 0.6) is 34.5 Å². The molecule has 294 valence electrons. The molecule has 4 aromatic rings. The summed E-state index contributed by atoms with van der Waals surface area (Å²) in [4.78, 5) is 32.4. The third kappa shape index (κ3) is 4.54. The fraction of sp³-hybridized carbons (Fsp3) is 0.463. The summed E-state index contributed by atoms with van der Waals surface area (Å²) in [6.07, 6.45) is 0.569. The molecule has 5 N–H and O–H groups in total. The maximum absolute atomic E-state index is 15.4. The van der Waals surface area contributed by atoms with Crippen LogP contribution in [0.1, 0.15) is 77.0 Å². The third-order valence-electron chi connectivity index (χ3n) is 12.8. The molecular weight excluding hydrogens is 741 g/mol. The van der Waals surface area contributed by atoms with Gasteiger partial charge in [0.2, 0.25) is 11.7 Å². The van der Waals surface area contributed by atoms with E-state index in [9.17, 15) is 15.0 Å². The molecule has 7 heterocycles. The highest BCUT2D eigenvalue weighted by Crippen LogP contribution is 2.67. The number of hydrogen-bond donors (Lipinski definition) is 5. The second kappa shape index (κ2) is 12.4. The molecule has 14 nitrogen and oxygen atoms in total. The van der Waals surface area contributed by atoms with Crippen molar-refractivity contribution in [2.75, 3.05) is 33.3 Å². The number of nitrogens with one attached hydrogen (secondary N) is 3. The minimum absolute atomic E-state index is 0.0124. The number of aromatic amines is 1. The maximum Gasteiger partial charge on any atom is 0.335 e. The molecule has 0 saturated carbocycles. The van der Waals surface area contributed by atoms with Gasteiger partial charge in [0.25, 0.3) is 0 Å². The number of aromatic nitrogens is 1. The van der Waals surface area contributed by atoms with Crippen LogP contribution in [0, 0.1) is 13.8 Å². The van der Waals surface area contributed by atoms with Crippen LogP contribution in [0.4, 0.5) is 0 Å². The summed E-state index contributed by atoms with van der Waals surface area (Å²) in [5.74, 6) is 1.30. The number of aliphatic hydroxyl groups excluding tert-OH is 1. The Balaban J connectivity index is 1.24. The van der Waals surface area contributed by atoms with Crippen LogP contribution < -0.4 is 34.3 Å². The normalized spacial score (nSPS) is 29.7. The number of nitrogens with zero attached hydrogens (tertiary/aromatic N) is 1. The van der Waals surface area contributed by atoms with Gasteiger partial charge in [0.15, 0.2) is 28.5 Å². The number of hydrogen-bond acceptors (Lipinski definition) is 14. The molecule has 2 unspecified atom stereocenters. The van der Waals surface area contributed by atoms with Crippen molar-refractivity contribution in [1.29, 1.82) is 0 Å². The van der Waals surface area contributed by atoms with Crippen molar-refractivity contribution in [2.24, 2.45) is 0 Å². The number of aromatic hydroxyl groups is 1. The molecule has 1 aromatic heterocycles. The molecule has 10 rings (SSSR count). The van der Waals surface area contributed by atoms with Crippen molar-refractivity contribution in [3.8, 4) is 34.5 Å². The van der Waals surface area contributed by atoms with Gasteiger partial charge in [0, 0.05) is 52.9 Å². The number of carbonyl (C=O) groups is 2. The number of phenolic OH excluding ortho intramolecular Hbond substituents is 1. The highest BCUT2D eigenvalue weighted by atomic mass is 32.2. The number of benzene rings is 3. The van der Waals surface area contributed by atoms with Gasteiger partial charge in [-0.15, -0.1) is 11.8 Å². The molecule has 2 fully saturated rings. The molecule has 0 amide bonds. The van der Waals surface area contributed by atoms with Crippen LogP contribution in [-0.4, -0.2) is 83.7 Å². The van der Waals surface area contributed by atoms with Crippen molar-refractivity contribution >= 4 is 34.6 Å². The van der Waals surface area contributed by atoms with E-state index >= 15 is 4.79 Å². The van der Waals surface area contributed by atoms with E-state index in [1.807, 2.05) is 43.0 Å². The Morgan fingerprint density at radius 3 is 2.64 bits per heavy atom. The van der Waals surface area contributed by atoms with Crippen molar-refractivity contribution in [3.63, 3.8) is 0 Å². The second-order valence-corrected chi connectivity index (χ2v) is 16.7. The summed E-state index contributed by atoms with van der Waals surface area (Å²) in [5.41, 5.74) is 5.21. The number of H-pyrrole nitrogens is 1. The highest BCUT2D eigenvalue weighted by molar-refractivity contribution is 8.00. The van der Waals surface area contributed by atoms with Crippen LogP contribution in [0.2, 0.25) is 0 Å². The van der Waals surface area contributed by atoms with Gasteiger partial charge in [0.1, 0.15) is 17.7 Å². The Kier molecular flexibility index (Phi) is 7.92. The zero-order valence-electron chi connectivity index (χ0n) is 32.0. The first kappa shape index (κ1) is 35.7. The number of fused-ring (bicyclic) bond motifs is 15. The van der Waals surface area contributed by atoms with Gasteiger partial charge in [-0.2, -0.15) is 0 Å². The topological polar surface area (TPSA) is 173 Å². The van der Waals surface area contributed by atoms with Crippen molar-refractivity contribution in [2.45, 2.75) is 87.8 Å². The number of ether oxygens (including phenoxy) is 6. The van der Waals surface area contributed by atoms with Crippen molar-refractivity contribution in [3.05, 3.63) is 68.9 Å². The first-order chi connectivity index (χ1) is 27.0. The monoisotopic (exact) mass is 784 g/mol.